The SMILES string of the molecule is COc1ccc(CCNC(=O)[C@@H](NC(=O)[C@@H]2N3C(=O)c4ccccc4[C@@H]3SC2(C)C)C(C)C)cc1OC. The van der Waals surface area contributed by atoms with Crippen molar-refractivity contribution in [1.29, 1.82) is 0 Å². The first-order valence-electron chi connectivity index (χ1n) is 12.5. The van der Waals surface area contributed by atoms with E-state index < -0.39 is 16.8 Å². The molecule has 1 saturated heterocycles. The summed E-state index contributed by atoms with van der Waals surface area (Å²) in [5.74, 6) is 0.443. The third kappa shape index (κ3) is 5.14. The van der Waals surface area contributed by atoms with E-state index in [0.717, 1.165) is 11.1 Å². The van der Waals surface area contributed by atoms with Crippen LogP contribution in [0, 0.1) is 5.92 Å². The summed E-state index contributed by atoms with van der Waals surface area (Å²) in [5.41, 5.74) is 2.57. The van der Waals surface area contributed by atoms with Gasteiger partial charge in [-0.3, -0.25) is 14.4 Å². The molecule has 2 aliphatic rings. The molecule has 3 atom stereocenters. The molecular weight excluding hydrogens is 490 g/mol. The predicted molar refractivity (Wildman–Crippen MR) is 144 cm³/mol. The number of hydrogen-bond donors (Lipinski definition) is 2. The lowest BCUT2D eigenvalue weighted by atomic mass is 9.98. The molecule has 0 aromatic heterocycles. The predicted octanol–water partition coefficient (Wildman–Crippen LogP) is 3.55. The van der Waals surface area contributed by atoms with Gasteiger partial charge in [0.15, 0.2) is 11.5 Å². The number of nitrogens with one attached hydrogen (secondary N) is 2. The minimum absolute atomic E-state index is 0.135. The number of carbonyl (C=O) groups excluding carboxylic acids is 3. The Kier molecular flexibility index (Phi) is 7.73. The van der Waals surface area contributed by atoms with E-state index >= 15 is 0 Å². The molecule has 0 radical (unpaired) electrons. The van der Waals surface area contributed by atoms with Gasteiger partial charge < -0.3 is 25.0 Å². The number of thioether (sulfide) groups is 1. The number of fused-ring (bicyclic) bond motifs is 3. The van der Waals surface area contributed by atoms with Crippen LogP contribution in [0.1, 0.15) is 54.6 Å². The van der Waals surface area contributed by atoms with Crippen molar-refractivity contribution < 1.29 is 23.9 Å². The van der Waals surface area contributed by atoms with Crippen LogP contribution in [0.4, 0.5) is 0 Å². The third-order valence-corrected chi connectivity index (χ3v) is 8.49. The van der Waals surface area contributed by atoms with Crippen LogP contribution in [0.25, 0.3) is 0 Å². The van der Waals surface area contributed by atoms with Gasteiger partial charge in [-0.05, 0) is 55.5 Å². The monoisotopic (exact) mass is 525 g/mol. The average Bonchev–Trinajstić information content (AvgIpc) is 3.30. The number of benzene rings is 2. The molecular formula is C28H35N3O5S. The van der Waals surface area contributed by atoms with Crippen LogP contribution in [0.2, 0.25) is 0 Å². The minimum atomic E-state index is -0.724. The van der Waals surface area contributed by atoms with Crippen molar-refractivity contribution >= 4 is 29.5 Å². The number of ether oxygens (including phenoxy) is 2. The maximum atomic E-state index is 13.6. The molecule has 3 amide bonds. The van der Waals surface area contributed by atoms with Crippen LogP contribution in [-0.2, 0) is 16.0 Å². The van der Waals surface area contributed by atoms with Gasteiger partial charge in [-0.1, -0.05) is 38.1 Å². The van der Waals surface area contributed by atoms with E-state index in [1.807, 2.05) is 64.1 Å². The summed E-state index contributed by atoms with van der Waals surface area (Å²) in [7, 11) is 3.17. The maximum absolute atomic E-state index is 13.6. The highest BCUT2D eigenvalue weighted by molar-refractivity contribution is 8.01. The van der Waals surface area contributed by atoms with Gasteiger partial charge in [-0.2, -0.15) is 0 Å². The second-order valence-corrected chi connectivity index (χ2v) is 12.0. The quantitative estimate of drug-likeness (QED) is 0.520. The molecule has 198 valence electrons. The van der Waals surface area contributed by atoms with Gasteiger partial charge in [0.25, 0.3) is 5.91 Å². The molecule has 0 spiro atoms. The van der Waals surface area contributed by atoms with Crippen LogP contribution in [0.5, 0.6) is 11.5 Å². The lowest BCUT2D eigenvalue weighted by Gasteiger charge is -2.32. The van der Waals surface area contributed by atoms with E-state index in [-0.39, 0.29) is 29.0 Å². The van der Waals surface area contributed by atoms with Crippen LogP contribution < -0.4 is 20.1 Å². The summed E-state index contributed by atoms with van der Waals surface area (Å²) < 4.78 is 10.1. The zero-order valence-electron chi connectivity index (χ0n) is 22.2. The number of hydrogen-bond acceptors (Lipinski definition) is 6. The number of rotatable bonds is 9. The summed E-state index contributed by atoms with van der Waals surface area (Å²) >= 11 is 1.61. The number of amides is 3. The Balaban J connectivity index is 1.42. The lowest BCUT2D eigenvalue weighted by Crippen LogP contribution is -2.58. The van der Waals surface area contributed by atoms with Crippen LogP contribution in [0.15, 0.2) is 42.5 Å². The second-order valence-electron chi connectivity index (χ2n) is 10.2. The Morgan fingerprint density at radius 2 is 1.78 bits per heavy atom. The molecule has 1 fully saturated rings. The van der Waals surface area contributed by atoms with Gasteiger partial charge in [0, 0.05) is 16.9 Å². The zero-order valence-corrected chi connectivity index (χ0v) is 23.0. The number of methoxy groups -OCH3 is 2. The van der Waals surface area contributed by atoms with Gasteiger partial charge in [0.2, 0.25) is 11.8 Å². The third-order valence-electron chi connectivity index (χ3n) is 6.95. The van der Waals surface area contributed by atoms with Crippen molar-refractivity contribution in [3.63, 3.8) is 0 Å². The van der Waals surface area contributed by atoms with E-state index in [2.05, 4.69) is 10.6 Å². The molecule has 37 heavy (non-hydrogen) atoms. The summed E-state index contributed by atoms with van der Waals surface area (Å²) in [6, 6.07) is 11.7. The smallest absolute Gasteiger partial charge is 0.256 e. The first-order chi connectivity index (χ1) is 17.6. The summed E-state index contributed by atoms with van der Waals surface area (Å²) in [5, 5.41) is 5.71. The fraction of sp³-hybridized carbons (Fsp3) is 0.464. The van der Waals surface area contributed by atoms with Crippen LogP contribution in [-0.4, -0.2) is 60.2 Å². The standard InChI is InChI=1S/C28H35N3O5S/c1-16(2)22(24(32)29-14-13-17-11-12-20(35-5)21(15-17)36-6)30-25(33)23-28(3,4)37-27-19-10-8-7-9-18(19)26(34)31(23)27/h7-12,15-16,22-23,27H,13-14H2,1-6H3,(H,29,32)(H,30,33)/t22-,23-,27-/m0/s1. The lowest BCUT2D eigenvalue weighted by molar-refractivity contribution is -0.132. The Morgan fingerprint density at radius 1 is 1.08 bits per heavy atom. The molecule has 4 rings (SSSR count). The Labute approximate surface area is 222 Å². The number of nitrogens with zero attached hydrogens (tertiary/aromatic N) is 1. The summed E-state index contributed by atoms with van der Waals surface area (Å²) in [6.45, 7) is 8.15. The first kappa shape index (κ1) is 26.9. The molecule has 0 saturated carbocycles. The van der Waals surface area contributed by atoms with Gasteiger partial charge in [0.05, 0.1) is 14.2 Å². The van der Waals surface area contributed by atoms with Crippen LogP contribution in [0.3, 0.4) is 0 Å². The van der Waals surface area contributed by atoms with Crippen molar-refractivity contribution in [3.05, 3.63) is 59.2 Å². The summed E-state index contributed by atoms with van der Waals surface area (Å²) in [4.78, 5) is 41.7. The van der Waals surface area contributed by atoms with Crippen molar-refractivity contribution in [2.24, 2.45) is 5.92 Å². The normalized spacial score (nSPS) is 20.3. The molecule has 0 aliphatic carbocycles. The van der Waals surface area contributed by atoms with Crippen molar-refractivity contribution in [2.75, 3.05) is 20.8 Å². The maximum Gasteiger partial charge on any atom is 0.256 e. The molecule has 2 aromatic rings. The summed E-state index contributed by atoms with van der Waals surface area (Å²) in [6.07, 6.45) is 0.597. The van der Waals surface area contributed by atoms with Crippen molar-refractivity contribution in [1.82, 2.24) is 15.5 Å². The largest absolute Gasteiger partial charge is 0.493 e. The van der Waals surface area contributed by atoms with Gasteiger partial charge in [0.1, 0.15) is 17.5 Å². The highest BCUT2D eigenvalue weighted by atomic mass is 32.2. The first-order valence-corrected chi connectivity index (χ1v) is 13.4. The number of carbonyl (C=O) groups is 3. The van der Waals surface area contributed by atoms with E-state index in [4.69, 9.17) is 9.47 Å². The Morgan fingerprint density at radius 3 is 2.46 bits per heavy atom. The van der Waals surface area contributed by atoms with E-state index in [9.17, 15) is 14.4 Å². The molecule has 2 N–H and O–H groups in total. The molecule has 2 aromatic carbocycles. The van der Waals surface area contributed by atoms with Crippen LogP contribution >= 0.6 is 11.8 Å². The van der Waals surface area contributed by atoms with Crippen molar-refractivity contribution in [2.45, 2.75) is 56.3 Å². The fourth-order valence-corrected chi connectivity index (χ4v) is 6.64. The van der Waals surface area contributed by atoms with E-state index in [1.165, 1.54) is 0 Å². The van der Waals surface area contributed by atoms with Gasteiger partial charge >= 0.3 is 0 Å². The highest BCUT2D eigenvalue weighted by Crippen LogP contribution is 2.56. The van der Waals surface area contributed by atoms with E-state index in [0.29, 0.717) is 30.0 Å². The second kappa shape index (κ2) is 10.7. The molecule has 0 bridgehead atoms. The molecule has 2 heterocycles. The van der Waals surface area contributed by atoms with Gasteiger partial charge in [-0.25, -0.2) is 0 Å². The van der Waals surface area contributed by atoms with Gasteiger partial charge in [-0.15, -0.1) is 11.8 Å². The molecule has 9 heteroatoms. The van der Waals surface area contributed by atoms with E-state index in [1.54, 1.807) is 36.9 Å². The molecule has 0 unspecified atom stereocenters. The highest BCUT2D eigenvalue weighted by Gasteiger charge is 2.57. The topological polar surface area (TPSA) is 97.0 Å². The Hall–Kier alpha value is -3.20. The minimum Gasteiger partial charge on any atom is -0.493 e. The average molecular weight is 526 g/mol. The Bertz CT molecular complexity index is 1200. The molecule has 2 aliphatic heterocycles. The van der Waals surface area contributed by atoms with Crippen molar-refractivity contribution in [3.8, 4) is 11.5 Å². The molecule has 8 nitrogen and oxygen atoms in total. The fourth-order valence-electron chi connectivity index (χ4n) is 5.05. The zero-order chi connectivity index (χ0) is 26.9.